The first-order chi connectivity index (χ1) is 9.56. The van der Waals surface area contributed by atoms with E-state index in [9.17, 15) is 9.59 Å². The molecule has 1 aliphatic heterocycles. The Balaban J connectivity index is 1.83. The summed E-state index contributed by atoms with van der Waals surface area (Å²) < 4.78 is 0. The number of likely N-dealkylation sites (tertiary alicyclic amines) is 1. The molecular formula is C13H18N4O3. The zero-order chi connectivity index (χ0) is 14.5. The number of aromatic nitrogens is 2. The van der Waals surface area contributed by atoms with E-state index in [1.165, 1.54) is 12.3 Å². The van der Waals surface area contributed by atoms with Crippen molar-refractivity contribution in [1.29, 1.82) is 0 Å². The molecule has 7 heteroatoms. The highest BCUT2D eigenvalue weighted by Gasteiger charge is 2.20. The highest BCUT2D eigenvalue weighted by atomic mass is 16.4. The number of carboxylic acid groups (broad SMARTS) is 1. The Morgan fingerprint density at radius 1 is 1.45 bits per heavy atom. The maximum absolute atomic E-state index is 11.2. The molecule has 0 aromatic carbocycles. The molecular weight excluding hydrogens is 260 g/mol. The van der Waals surface area contributed by atoms with Crippen molar-refractivity contribution >= 4 is 17.8 Å². The topological polar surface area (TPSA) is 95.4 Å². The summed E-state index contributed by atoms with van der Waals surface area (Å²) in [5.74, 6) is -0.166. The molecule has 2 N–H and O–H groups in total. The Labute approximate surface area is 117 Å². The van der Waals surface area contributed by atoms with Gasteiger partial charge < -0.3 is 15.3 Å². The van der Waals surface area contributed by atoms with Crippen molar-refractivity contribution in [3.05, 3.63) is 18.0 Å². The minimum absolute atomic E-state index is 0.0195. The third kappa shape index (κ3) is 3.66. The van der Waals surface area contributed by atoms with Gasteiger partial charge in [0.2, 0.25) is 11.9 Å². The summed E-state index contributed by atoms with van der Waals surface area (Å²) in [4.78, 5) is 31.8. The van der Waals surface area contributed by atoms with Crippen LogP contribution < -0.4 is 5.32 Å². The summed E-state index contributed by atoms with van der Waals surface area (Å²) in [6.45, 7) is 3.83. The first-order valence-electron chi connectivity index (χ1n) is 6.62. The maximum Gasteiger partial charge on any atom is 0.354 e. The Hall–Kier alpha value is -2.18. The summed E-state index contributed by atoms with van der Waals surface area (Å²) >= 11 is 0. The fourth-order valence-corrected chi connectivity index (χ4v) is 2.25. The zero-order valence-corrected chi connectivity index (χ0v) is 11.4. The van der Waals surface area contributed by atoms with Crippen molar-refractivity contribution < 1.29 is 14.7 Å². The standard InChI is InChI=1S/C13H18N4O3/c1-9(18)17-6-3-10(4-7-17)8-15-13-14-5-2-11(16-13)12(19)20/h2,5,10H,3-4,6-8H2,1H3,(H,19,20)(H,14,15,16). The summed E-state index contributed by atoms with van der Waals surface area (Å²) in [5, 5.41) is 11.9. The molecule has 108 valence electrons. The van der Waals surface area contributed by atoms with Crippen LogP contribution in [0.15, 0.2) is 12.3 Å². The molecule has 1 aromatic heterocycles. The van der Waals surface area contributed by atoms with Gasteiger partial charge in [-0.05, 0) is 24.8 Å². The van der Waals surface area contributed by atoms with Gasteiger partial charge in [-0.3, -0.25) is 4.79 Å². The number of piperidine rings is 1. The molecule has 0 radical (unpaired) electrons. The lowest BCUT2D eigenvalue weighted by Crippen LogP contribution is -2.38. The molecule has 2 heterocycles. The van der Waals surface area contributed by atoms with E-state index in [0.717, 1.165) is 25.9 Å². The zero-order valence-electron chi connectivity index (χ0n) is 11.4. The van der Waals surface area contributed by atoms with Gasteiger partial charge in [0.15, 0.2) is 5.69 Å². The number of amides is 1. The number of hydrogen-bond acceptors (Lipinski definition) is 5. The minimum atomic E-state index is -1.06. The van der Waals surface area contributed by atoms with Crippen LogP contribution in [0.4, 0.5) is 5.95 Å². The fourth-order valence-electron chi connectivity index (χ4n) is 2.25. The molecule has 0 atom stereocenters. The number of nitrogens with zero attached hydrogens (tertiary/aromatic N) is 3. The molecule has 1 aliphatic rings. The van der Waals surface area contributed by atoms with E-state index in [0.29, 0.717) is 18.4 Å². The number of hydrogen-bond donors (Lipinski definition) is 2. The Bertz CT molecular complexity index is 498. The number of carbonyl (C=O) groups is 2. The monoisotopic (exact) mass is 278 g/mol. The average Bonchev–Trinajstić information content (AvgIpc) is 2.46. The Kier molecular flexibility index (Phi) is 4.49. The molecule has 0 unspecified atom stereocenters. The Morgan fingerprint density at radius 3 is 2.75 bits per heavy atom. The van der Waals surface area contributed by atoms with Crippen molar-refractivity contribution in [2.45, 2.75) is 19.8 Å². The van der Waals surface area contributed by atoms with Gasteiger partial charge in [-0.1, -0.05) is 0 Å². The van der Waals surface area contributed by atoms with E-state index in [4.69, 9.17) is 5.11 Å². The molecule has 1 fully saturated rings. The van der Waals surface area contributed by atoms with Gasteiger partial charge in [0.1, 0.15) is 0 Å². The van der Waals surface area contributed by atoms with Crippen LogP contribution in [0.25, 0.3) is 0 Å². The molecule has 0 aliphatic carbocycles. The van der Waals surface area contributed by atoms with Gasteiger partial charge in [-0.25, -0.2) is 14.8 Å². The highest BCUT2D eigenvalue weighted by molar-refractivity contribution is 5.85. The fraction of sp³-hybridized carbons (Fsp3) is 0.538. The van der Waals surface area contributed by atoms with Crippen LogP contribution in [-0.4, -0.2) is 51.5 Å². The van der Waals surface area contributed by atoms with E-state index in [-0.39, 0.29) is 11.6 Å². The molecule has 0 saturated carbocycles. The molecule has 1 amide bonds. The largest absolute Gasteiger partial charge is 0.477 e. The second-order valence-electron chi connectivity index (χ2n) is 4.90. The third-order valence-corrected chi connectivity index (χ3v) is 3.48. The van der Waals surface area contributed by atoms with Crippen molar-refractivity contribution in [1.82, 2.24) is 14.9 Å². The molecule has 7 nitrogen and oxygen atoms in total. The molecule has 1 aromatic rings. The Morgan fingerprint density at radius 2 is 2.15 bits per heavy atom. The summed E-state index contributed by atoms with van der Waals surface area (Å²) in [6, 6.07) is 1.36. The van der Waals surface area contributed by atoms with Gasteiger partial charge in [0.05, 0.1) is 0 Å². The SMILES string of the molecule is CC(=O)N1CCC(CNc2nccc(C(=O)O)n2)CC1. The van der Waals surface area contributed by atoms with Gasteiger partial charge in [-0.15, -0.1) is 0 Å². The van der Waals surface area contributed by atoms with Gasteiger partial charge in [-0.2, -0.15) is 0 Å². The van der Waals surface area contributed by atoms with Crippen LogP contribution in [0.3, 0.4) is 0 Å². The summed E-state index contributed by atoms with van der Waals surface area (Å²) in [7, 11) is 0. The quantitative estimate of drug-likeness (QED) is 0.847. The smallest absolute Gasteiger partial charge is 0.354 e. The predicted octanol–water partition coefficient (Wildman–Crippen LogP) is 0.845. The first-order valence-corrected chi connectivity index (χ1v) is 6.62. The van der Waals surface area contributed by atoms with Crippen LogP contribution in [0.2, 0.25) is 0 Å². The van der Waals surface area contributed by atoms with Gasteiger partial charge in [0, 0.05) is 32.8 Å². The van der Waals surface area contributed by atoms with Gasteiger partial charge in [0.25, 0.3) is 0 Å². The van der Waals surface area contributed by atoms with Crippen LogP contribution in [-0.2, 0) is 4.79 Å². The van der Waals surface area contributed by atoms with Crippen LogP contribution in [0.1, 0.15) is 30.3 Å². The van der Waals surface area contributed by atoms with Crippen LogP contribution >= 0.6 is 0 Å². The van der Waals surface area contributed by atoms with Gasteiger partial charge >= 0.3 is 5.97 Å². The van der Waals surface area contributed by atoms with E-state index < -0.39 is 5.97 Å². The lowest BCUT2D eigenvalue weighted by molar-refractivity contribution is -0.130. The number of carbonyl (C=O) groups excluding carboxylic acids is 1. The van der Waals surface area contributed by atoms with Crippen molar-refractivity contribution in [2.24, 2.45) is 5.92 Å². The summed E-state index contributed by atoms with van der Waals surface area (Å²) in [5.41, 5.74) is -0.0195. The number of nitrogens with one attached hydrogen (secondary N) is 1. The number of carboxylic acids is 1. The second-order valence-corrected chi connectivity index (χ2v) is 4.90. The number of aromatic carboxylic acids is 1. The lowest BCUT2D eigenvalue weighted by Gasteiger charge is -2.31. The molecule has 20 heavy (non-hydrogen) atoms. The van der Waals surface area contributed by atoms with Crippen molar-refractivity contribution in [3.8, 4) is 0 Å². The number of rotatable bonds is 4. The maximum atomic E-state index is 11.2. The predicted molar refractivity (Wildman–Crippen MR) is 72.5 cm³/mol. The molecule has 2 rings (SSSR count). The lowest BCUT2D eigenvalue weighted by atomic mass is 9.97. The first kappa shape index (κ1) is 14.2. The normalized spacial score (nSPS) is 15.9. The van der Waals surface area contributed by atoms with E-state index in [2.05, 4.69) is 15.3 Å². The number of anilines is 1. The minimum Gasteiger partial charge on any atom is -0.477 e. The van der Waals surface area contributed by atoms with Crippen LogP contribution in [0, 0.1) is 5.92 Å². The molecule has 0 bridgehead atoms. The van der Waals surface area contributed by atoms with Crippen molar-refractivity contribution in [3.63, 3.8) is 0 Å². The third-order valence-electron chi connectivity index (χ3n) is 3.48. The van der Waals surface area contributed by atoms with Crippen LogP contribution in [0.5, 0.6) is 0 Å². The molecule has 1 saturated heterocycles. The van der Waals surface area contributed by atoms with E-state index in [1.54, 1.807) is 6.92 Å². The highest BCUT2D eigenvalue weighted by Crippen LogP contribution is 2.17. The second kappa shape index (κ2) is 6.31. The summed E-state index contributed by atoms with van der Waals surface area (Å²) in [6.07, 6.45) is 3.30. The molecule has 0 spiro atoms. The average molecular weight is 278 g/mol. The van der Waals surface area contributed by atoms with E-state index >= 15 is 0 Å². The van der Waals surface area contributed by atoms with E-state index in [1.807, 2.05) is 4.90 Å². The van der Waals surface area contributed by atoms with Crippen molar-refractivity contribution in [2.75, 3.05) is 25.0 Å².